The summed E-state index contributed by atoms with van der Waals surface area (Å²) in [6.07, 6.45) is 5.68. The predicted molar refractivity (Wildman–Crippen MR) is 97.6 cm³/mol. The number of benzene rings is 1. The van der Waals surface area contributed by atoms with Crippen molar-refractivity contribution >= 4 is 26.0 Å². The van der Waals surface area contributed by atoms with Crippen molar-refractivity contribution < 1.29 is 21.6 Å². The molecule has 1 fully saturated rings. The highest BCUT2D eigenvalue weighted by molar-refractivity contribution is 7.89. The minimum Gasteiger partial charge on any atom is -0.274 e. The summed E-state index contributed by atoms with van der Waals surface area (Å²) >= 11 is 0. The fourth-order valence-corrected chi connectivity index (χ4v) is 5.70. The van der Waals surface area contributed by atoms with Crippen molar-refractivity contribution in [2.24, 2.45) is 5.92 Å². The van der Waals surface area contributed by atoms with Gasteiger partial charge in [-0.15, -0.1) is 0 Å². The van der Waals surface area contributed by atoms with E-state index in [2.05, 4.69) is 0 Å². The van der Waals surface area contributed by atoms with E-state index in [1.165, 1.54) is 9.87 Å². The average molecular weight is 401 g/mol. The first-order valence-corrected chi connectivity index (χ1v) is 12.1. The number of hydrogen-bond donors (Lipinski definition) is 1. The molecule has 0 atom stereocenters. The molecule has 0 saturated carbocycles. The van der Waals surface area contributed by atoms with E-state index in [1.54, 1.807) is 12.1 Å². The van der Waals surface area contributed by atoms with Gasteiger partial charge in [-0.2, -0.15) is 4.31 Å². The number of hydrogen-bond acceptors (Lipinski definition) is 5. The zero-order valence-corrected chi connectivity index (χ0v) is 16.4. The molecule has 1 aliphatic carbocycles. The first-order chi connectivity index (χ1) is 12.2. The quantitative estimate of drug-likeness (QED) is 0.814. The van der Waals surface area contributed by atoms with E-state index in [0.717, 1.165) is 37.5 Å². The van der Waals surface area contributed by atoms with Crippen molar-refractivity contribution in [2.45, 2.75) is 43.4 Å². The fourth-order valence-electron chi connectivity index (χ4n) is 3.64. The lowest BCUT2D eigenvalue weighted by Gasteiger charge is -2.30. The Hall–Kier alpha value is -1.45. The van der Waals surface area contributed by atoms with Gasteiger partial charge in [0.25, 0.3) is 0 Å². The second-order valence-corrected chi connectivity index (χ2v) is 10.7. The number of piperidine rings is 1. The molecule has 1 aromatic carbocycles. The molecule has 3 rings (SSSR count). The number of aryl methyl sites for hydroxylation is 2. The highest BCUT2D eigenvalue weighted by atomic mass is 32.2. The van der Waals surface area contributed by atoms with E-state index in [9.17, 15) is 21.6 Å². The molecule has 1 aromatic rings. The third-order valence-electron chi connectivity index (χ3n) is 5.07. The van der Waals surface area contributed by atoms with Crippen molar-refractivity contribution in [2.75, 3.05) is 19.3 Å². The number of amides is 1. The van der Waals surface area contributed by atoms with Gasteiger partial charge < -0.3 is 0 Å². The molecule has 1 N–H and O–H groups in total. The molecule has 7 nitrogen and oxygen atoms in total. The monoisotopic (exact) mass is 400 g/mol. The van der Waals surface area contributed by atoms with E-state index in [1.807, 2.05) is 10.8 Å². The molecule has 26 heavy (non-hydrogen) atoms. The minimum absolute atomic E-state index is 0.210. The lowest BCUT2D eigenvalue weighted by atomic mass is 9.92. The largest absolute Gasteiger partial charge is 0.274 e. The number of rotatable bonds is 4. The van der Waals surface area contributed by atoms with E-state index < -0.39 is 31.9 Å². The van der Waals surface area contributed by atoms with Gasteiger partial charge in [-0.3, -0.25) is 9.52 Å². The second kappa shape index (κ2) is 7.28. The van der Waals surface area contributed by atoms with Crippen molar-refractivity contribution in [1.29, 1.82) is 0 Å². The van der Waals surface area contributed by atoms with Gasteiger partial charge in [0.1, 0.15) is 0 Å². The average Bonchev–Trinajstić information content (AvgIpc) is 2.60. The highest BCUT2D eigenvalue weighted by Crippen LogP contribution is 2.28. The fraction of sp³-hybridized carbons (Fsp3) is 0.588. The van der Waals surface area contributed by atoms with Crippen LogP contribution in [-0.4, -0.2) is 46.4 Å². The van der Waals surface area contributed by atoms with Gasteiger partial charge in [-0.05, 0) is 61.8 Å². The van der Waals surface area contributed by atoms with Gasteiger partial charge in [0.2, 0.25) is 26.0 Å². The Morgan fingerprint density at radius 1 is 1.04 bits per heavy atom. The zero-order valence-electron chi connectivity index (χ0n) is 14.8. The first kappa shape index (κ1) is 19.3. The zero-order chi connectivity index (χ0) is 18.9. The van der Waals surface area contributed by atoms with Crippen LogP contribution in [0.5, 0.6) is 0 Å². The van der Waals surface area contributed by atoms with E-state index in [-0.39, 0.29) is 13.1 Å². The van der Waals surface area contributed by atoms with Crippen molar-refractivity contribution in [3.05, 3.63) is 29.3 Å². The van der Waals surface area contributed by atoms with Crippen LogP contribution in [0.2, 0.25) is 0 Å². The summed E-state index contributed by atoms with van der Waals surface area (Å²) in [6, 6.07) is 5.36. The third kappa shape index (κ3) is 4.27. The normalized spacial score (nSPS) is 19.7. The summed E-state index contributed by atoms with van der Waals surface area (Å²) in [5, 5.41) is 0. The van der Waals surface area contributed by atoms with E-state index in [4.69, 9.17) is 0 Å². The molecule has 2 aliphatic rings. The number of fused-ring (bicyclic) bond motifs is 1. The van der Waals surface area contributed by atoms with Gasteiger partial charge in [-0.25, -0.2) is 16.8 Å². The Labute approximate surface area is 154 Å². The van der Waals surface area contributed by atoms with Crippen LogP contribution in [0.25, 0.3) is 0 Å². The number of carbonyl (C=O) groups excluding carboxylic acids is 1. The number of carbonyl (C=O) groups is 1. The first-order valence-electron chi connectivity index (χ1n) is 8.80. The Bertz CT molecular complexity index is 901. The second-order valence-electron chi connectivity index (χ2n) is 7.05. The van der Waals surface area contributed by atoms with Crippen LogP contribution < -0.4 is 4.72 Å². The molecule has 1 saturated heterocycles. The molecule has 9 heteroatoms. The summed E-state index contributed by atoms with van der Waals surface area (Å²) in [4.78, 5) is 12.2. The minimum atomic E-state index is -3.60. The smallest absolute Gasteiger partial charge is 0.243 e. The van der Waals surface area contributed by atoms with Crippen molar-refractivity contribution in [1.82, 2.24) is 9.03 Å². The van der Waals surface area contributed by atoms with Crippen LogP contribution in [0.4, 0.5) is 0 Å². The van der Waals surface area contributed by atoms with E-state index in [0.29, 0.717) is 17.7 Å². The number of nitrogens with zero attached hydrogens (tertiary/aromatic N) is 1. The molecule has 0 bridgehead atoms. The summed E-state index contributed by atoms with van der Waals surface area (Å²) in [5.41, 5.74) is 2.34. The van der Waals surface area contributed by atoms with Gasteiger partial charge in [-0.1, -0.05) is 6.07 Å². The maximum atomic E-state index is 12.9. The Kier molecular flexibility index (Phi) is 5.41. The van der Waals surface area contributed by atoms with Crippen LogP contribution in [0.1, 0.15) is 36.8 Å². The standard InChI is InChI=1S/C17H24N2O5S2/c1-25(21,22)18-17(20)14-8-10-19(11-9-14)26(23,24)16-7-6-13-4-2-3-5-15(13)12-16/h6-7,12,14H,2-5,8-11H2,1H3,(H,18,20). The number of nitrogens with one attached hydrogen (secondary N) is 1. The van der Waals surface area contributed by atoms with Gasteiger partial charge in [0.15, 0.2) is 0 Å². The Morgan fingerprint density at radius 2 is 1.65 bits per heavy atom. The van der Waals surface area contributed by atoms with Gasteiger partial charge in [0, 0.05) is 19.0 Å². The van der Waals surface area contributed by atoms with Gasteiger partial charge >= 0.3 is 0 Å². The van der Waals surface area contributed by atoms with Crippen molar-refractivity contribution in [3.63, 3.8) is 0 Å². The van der Waals surface area contributed by atoms with Crippen LogP contribution in [0.15, 0.2) is 23.1 Å². The van der Waals surface area contributed by atoms with Crippen LogP contribution in [0, 0.1) is 5.92 Å². The summed E-state index contributed by atoms with van der Waals surface area (Å²) in [7, 11) is -7.19. The molecular weight excluding hydrogens is 376 g/mol. The van der Waals surface area contributed by atoms with E-state index >= 15 is 0 Å². The van der Waals surface area contributed by atoms with Crippen LogP contribution in [-0.2, 0) is 37.7 Å². The molecule has 144 valence electrons. The lowest BCUT2D eigenvalue weighted by Crippen LogP contribution is -2.44. The maximum absolute atomic E-state index is 12.9. The predicted octanol–water partition coefficient (Wildman–Crippen LogP) is 1.04. The lowest BCUT2D eigenvalue weighted by molar-refractivity contribution is -0.124. The topological polar surface area (TPSA) is 101 Å². The molecule has 1 heterocycles. The molecule has 1 aliphatic heterocycles. The highest BCUT2D eigenvalue weighted by Gasteiger charge is 2.33. The molecule has 0 spiro atoms. The summed E-state index contributed by atoms with van der Waals surface area (Å²) < 4.78 is 51.5. The number of sulfonamides is 2. The molecular formula is C17H24N2O5S2. The molecule has 1 amide bonds. The summed E-state index contributed by atoms with van der Waals surface area (Å²) in [6.45, 7) is 0.419. The van der Waals surface area contributed by atoms with Crippen LogP contribution >= 0.6 is 0 Å². The molecule has 0 radical (unpaired) electrons. The SMILES string of the molecule is CS(=O)(=O)NC(=O)C1CCN(S(=O)(=O)c2ccc3c(c2)CCCC3)CC1. The molecule has 0 unspecified atom stereocenters. The maximum Gasteiger partial charge on any atom is 0.243 e. The van der Waals surface area contributed by atoms with Crippen molar-refractivity contribution in [3.8, 4) is 0 Å². The Morgan fingerprint density at radius 3 is 2.27 bits per heavy atom. The summed E-state index contributed by atoms with van der Waals surface area (Å²) in [5.74, 6) is -1.04. The molecule has 0 aromatic heterocycles. The Balaban J connectivity index is 1.69. The van der Waals surface area contributed by atoms with Crippen LogP contribution in [0.3, 0.4) is 0 Å². The van der Waals surface area contributed by atoms with Gasteiger partial charge in [0.05, 0.1) is 11.2 Å². The third-order valence-corrected chi connectivity index (χ3v) is 7.54.